The van der Waals surface area contributed by atoms with Crippen LogP contribution in [-0.2, 0) is 22.6 Å². The van der Waals surface area contributed by atoms with E-state index >= 15 is 0 Å². The molecule has 15 heteroatoms. The Bertz CT molecular complexity index is 2420. The second-order valence-corrected chi connectivity index (χ2v) is 18.6. The molecule has 14 nitrogen and oxygen atoms in total. The largest absolute Gasteiger partial charge is 0.541 e. The highest BCUT2D eigenvalue weighted by Gasteiger charge is 2.38. The summed E-state index contributed by atoms with van der Waals surface area (Å²) in [5, 5.41) is 6.27. The molecule has 0 aliphatic carbocycles. The number of methoxy groups -OCH3 is 7. The fraction of sp³-hybridized carbons (Fsp3) is 0.386. The molecule has 0 saturated carbocycles. The highest BCUT2D eigenvalue weighted by Crippen LogP contribution is 2.56. The van der Waals surface area contributed by atoms with E-state index in [1.54, 1.807) is 47.7 Å². The zero-order chi connectivity index (χ0) is 42.4. The van der Waals surface area contributed by atoms with Gasteiger partial charge in [-0.25, -0.2) is 9.59 Å². The quantitative estimate of drug-likeness (QED) is 0.0612. The zero-order valence-electron chi connectivity index (χ0n) is 35.2. The molecule has 1 aromatic heterocycles. The lowest BCUT2D eigenvalue weighted by Gasteiger charge is -2.32. The molecule has 6 rings (SSSR count). The fourth-order valence-corrected chi connectivity index (χ4v) is 10.3. The van der Waals surface area contributed by atoms with E-state index in [0.717, 1.165) is 23.7 Å². The lowest BCUT2D eigenvalue weighted by atomic mass is 9.94. The molecule has 59 heavy (non-hydrogen) atoms. The number of rotatable bonds is 18. The molecule has 0 amide bonds. The summed E-state index contributed by atoms with van der Waals surface area (Å²) in [6, 6.07) is 17.1. The van der Waals surface area contributed by atoms with Crippen LogP contribution in [0.1, 0.15) is 60.5 Å². The number of carbonyl (C=O) groups excluding carboxylic acids is 1. The number of hydrogen-bond donors (Lipinski definition) is 0. The summed E-state index contributed by atoms with van der Waals surface area (Å²) in [6.45, 7) is 6.62. The maximum absolute atomic E-state index is 13.4. The molecule has 314 valence electrons. The van der Waals surface area contributed by atoms with Crippen molar-refractivity contribution in [2.24, 2.45) is 5.16 Å². The monoisotopic (exact) mass is 829 g/mol. The summed E-state index contributed by atoms with van der Waals surface area (Å²) in [4.78, 5) is 32.1. The van der Waals surface area contributed by atoms with Crippen molar-refractivity contribution in [1.29, 1.82) is 0 Å². The van der Waals surface area contributed by atoms with Crippen LogP contribution in [0.15, 0.2) is 62.9 Å². The van der Waals surface area contributed by atoms with Crippen LogP contribution >= 0.6 is 0 Å². The Morgan fingerprint density at radius 3 is 1.97 bits per heavy atom. The number of fused-ring (bicyclic) bond motifs is 2. The maximum atomic E-state index is 13.4. The van der Waals surface area contributed by atoms with Crippen LogP contribution in [-0.4, -0.2) is 69.8 Å². The molecule has 1 aliphatic rings. The number of esters is 1. The van der Waals surface area contributed by atoms with E-state index in [1.165, 1.54) is 20.3 Å². The van der Waals surface area contributed by atoms with Gasteiger partial charge in [0, 0.05) is 30.0 Å². The SMILES string of the molecule is CC[Si](CC)(CC)Oc1c(CC2=NOC(c3cc4cc(C(=O)OC)oc(=O)c4c(OC)c3OCc3ccccc3)C2)c(OC)c2c(OC)cc(OC)c(OC)c2c1OC. The number of benzene rings is 4. The molecular weight excluding hydrogens is 779 g/mol. The molecular formula is C44H51NO13Si. The van der Waals surface area contributed by atoms with Crippen LogP contribution in [0.3, 0.4) is 0 Å². The molecule has 1 atom stereocenters. The minimum absolute atomic E-state index is 0.0947. The van der Waals surface area contributed by atoms with Gasteiger partial charge < -0.3 is 51.6 Å². The van der Waals surface area contributed by atoms with Crippen LogP contribution < -0.4 is 43.2 Å². The lowest BCUT2D eigenvalue weighted by molar-refractivity contribution is 0.0560. The van der Waals surface area contributed by atoms with Crippen molar-refractivity contribution >= 4 is 41.5 Å². The number of ether oxygens (including phenoxy) is 8. The van der Waals surface area contributed by atoms with Crippen molar-refractivity contribution in [1.82, 2.24) is 0 Å². The van der Waals surface area contributed by atoms with E-state index in [0.29, 0.717) is 73.9 Å². The highest BCUT2D eigenvalue weighted by atomic mass is 28.4. The van der Waals surface area contributed by atoms with Gasteiger partial charge in [0.05, 0.1) is 66.3 Å². The number of carbonyl (C=O) groups is 1. The molecule has 0 N–H and O–H groups in total. The second-order valence-electron chi connectivity index (χ2n) is 13.9. The Balaban J connectivity index is 1.52. The first kappa shape index (κ1) is 42.5. The summed E-state index contributed by atoms with van der Waals surface area (Å²) in [5.74, 6) is 2.16. The summed E-state index contributed by atoms with van der Waals surface area (Å²) in [7, 11) is 8.18. The summed E-state index contributed by atoms with van der Waals surface area (Å²) in [5.41, 5.74) is 1.98. The van der Waals surface area contributed by atoms with Crippen LogP contribution in [0.5, 0.6) is 46.0 Å². The first-order valence-corrected chi connectivity index (χ1v) is 21.9. The van der Waals surface area contributed by atoms with Gasteiger partial charge in [0.1, 0.15) is 23.5 Å². The summed E-state index contributed by atoms with van der Waals surface area (Å²) in [6.07, 6.45) is -0.164. The summed E-state index contributed by atoms with van der Waals surface area (Å²) >= 11 is 0. The third-order valence-corrected chi connectivity index (χ3v) is 15.5. The average Bonchev–Trinajstić information content (AvgIpc) is 3.74. The van der Waals surface area contributed by atoms with Crippen molar-refractivity contribution in [2.75, 3.05) is 49.8 Å². The molecule has 2 heterocycles. The molecule has 0 saturated heterocycles. The van der Waals surface area contributed by atoms with Crippen LogP contribution in [0, 0.1) is 0 Å². The van der Waals surface area contributed by atoms with Gasteiger partial charge in [-0.15, -0.1) is 0 Å². The molecule has 0 fully saturated rings. The lowest BCUT2D eigenvalue weighted by Crippen LogP contribution is -2.39. The Labute approximate surface area is 343 Å². The van der Waals surface area contributed by atoms with Gasteiger partial charge in [0.15, 0.2) is 40.6 Å². The Kier molecular flexibility index (Phi) is 13.1. The van der Waals surface area contributed by atoms with E-state index in [9.17, 15) is 9.59 Å². The van der Waals surface area contributed by atoms with E-state index in [4.69, 9.17) is 51.6 Å². The standard InChI is InChI=1S/C44H51NO13Si/c1-11-59(12-2,13-3)58-39-29(37(50-6)35-31(48-4)23-32(49-5)40(51-7)36(35)42(39)53-9)21-27-22-30(57-45-27)28-19-26-20-33(43(46)54-10)56-44(47)34(26)41(52-8)38(28)55-24-25-17-15-14-16-18-25/h14-20,23,30H,11-13,21-22,24H2,1-10H3. The van der Waals surface area contributed by atoms with Crippen molar-refractivity contribution in [3.05, 3.63) is 81.4 Å². The summed E-state index contributed by atoms with van der Waals surface area (Å²) < 4.78 is 59.9. The molecule has 4 aromatic carbocycles. The minimum atomic E-state index is -2.36. The van der Waals surface area contributed by atoms with Crippen molar-refractivity contribution < 1.29 is 56.4 Å². The molecule has 0 radical (unpaired) electrons. The Morgan fingerprint density at radius 2 is 1.37 bits per heavy atom. The number of oxime groups is 1. The molecule has 0 spiro atoms. The van der Waals surface area contributed by atoms with Crippen molar-refractivity contribution in [3.63, 3.8) is 0 Å². The molecule has 1 unspecified atom stereocenters. The van der Waals surface area contributed by atoms with E-state index < -0.39 is 26.0 Å². The molecule has 5 aromatic rings. The number of nitrogens with zero attached hydrogens (tertiary/aromatic N) is 1. The zero-order valence-corrected chi connectivity index (χ0v) is 36.2. The third kappa shape index (κ3) is 7.90. The van der Waals surface area contributed by atoms with Crippen molar-refractivity contribution in [3.8, 4) is 46.0 Å². The third-order valence-electron chi connectivity index (χ3n) is 11.0. The van der Waals surface area contributed by atoms with Gasteiger partial charge in [0.2, 0.25) is 5.76 Å². The van der Waals surface area contributed by atoms with Gasteiger partial charge in [-0.05, 0) is 41.2 Å². The predicted molar refractivity (Wildman–Crippen MR) is 225 cm³/mol. The van der Waals surface area contributed by atoms with Gasteiger partial charge in [0.25, 0.3) is 8.32 Å². The highest BCUT2D eigenvalue weighted by molar-refractivity contribution is 6.74. The minimum Gasteiger partial charge on any atom is -0.541 e. The van der Waals surface area contributed by atoms with Crippen LogP contribution in [0.2, 0.25) is 18.1 Å². The van der Waals surface area contributed by atoms with Crippen LogP contribution in [0.25, 0.3) is 21.5 Å². The first-order chi connectivity index (χ1) is 28.6. The maximum Gasteiger partial charge on any atom is 0.374 e. The first-order valence-electron chi connectivity index (χ1n) is 19.3. The number of hydrogen-bond acceptors (Lipinski definition) is 14. The van der Waals surface area contributed by atoms with E-state index in [2.05, 4.69) is 25.9 Å². The van der Waals surface area contributed by atoms with Crippen molar-refractivity contribution in [2.45, 2.75) is 64.5 Å². The fourth-order valence-electron chi connectivity index (χ4n) is 7.69. The van der Waals surface area contributed by atoms with E-state index in [-0.39, 0.29) is 35.7 Å². The smallest absolute Gasteiger partial charge is 0.374 e. The Morgan fingerprint density at radius 1 is 0.729 bits per heavy atom. The van der Waals surface area contributed by atoms with Gasteiger partial charge in [-0.1, -0.05) is 56.3 Å². The topological polar surface area (TPSA) is 152 Å². The normalized spacial score (nSPS) is 13.7. The van der Waals surface area contributed by atoms with Gasteiger partial charge in [-0.3, -0.25) is 0 Å². The van der Waals surface area contributed by atoms with Gasteiger partial charge >= 0.3 is 11.6 Å². The van der Waals surface area contributed by atoms with E-state index in [1.807, 2.05) is 30.3 Å². The predicted octanol–water partition coefficient (Wildman–Crippen LogP) is 8.81. The van der Waals surface area contributed by atoms with Gasteiger partial charge in [-0.2, -0.15) is 0 Å². The molecule has 0 bridgehead atoms. The van der Waals surface area contributed by atoms with Crippen LogP contribution in [0.4, 0.5) is 0 Å². The average molecular weight is 830 g/mol. The molecule has 1 aliphatic heterocycles. The Hall–Kier alpha value is -6.09. The second kappa shape index (κ2) is 18.2.